The Morgan fingerprint density at radius 3 is 3.14 bits per heavy atom. The lowest BCUT2D eigenvalue weighted by Gasteiger charge is -2.25. The van der Waals surface area contributed by atoms with Crippen LogP contribution in [0.15, 0.2) is 5.16 Å². The first-order valence-electron chi connectivity index (χ1n) is 4.66. The Kier molecular flexibility index (Phi) is 3.70. The lowest BCUT2D eigenvalue weighted by atomic mass is 10.1. The first kappa shape index (κ1) is 10.8. The van der Waals surface area contributed by atoms with E-state index in [1.165, 1.54) is 0 Å². The van der Waals surface area contributed by atoms with Crippen LogP contribution in [0.3, 0.4) is 0 Å². The molecule has 0 aromatic heterocycles. The molecule has 1 heterocycles. The van der Waals surface area contributed by atoms with Gasteiger partial charge in [-0.1, -0.05) is 5.16 Å². The van der Waals surface area contributed by atoms with E-state index in [0.29, 0.717) is 0 Å². The molecule has 1 aliphatic rings. The summed E-state index contributed by atoms with van der Waals surface area (Å²) in [6, 6.07) is -0.534. The van der Waals surface area contributed by atoms with Gasteiger partial charge < -0.3 is 16.3 Å². The topological polar surface area (TPSA) is 99.7 Å². The van der Waals surface area contributed by atoms with E-state index in [1.54, 1.807) is 6.92 Å². The monoisotopic (exact) mass is 200 g/mol. The molecule has 0 bridgehead atoms. The molecule has 1 fully saturated rings. The van der Waals surface area contributed by atoms with Crippen molar-refractivity contribution in [2.45, 2.75) is 31.8 Å². The van der Waals surface area contributed by atoms with E-state index in [1.807, 2.05) is 0 Å². The minimum absolute atomic E-state index is 0.0196. The summed E-state index contributed by atoms with van der Waals surface area (Å²) in [4.78, 5) is 11.3. The van der Waals surface area contributed by atoms with Crippen molar-refractivity contribution in [3.8, 4) is 0 Å². The fourth-order valence-corrected chi connectivity index (χ4v) is 1.40. The Labute approximate surface area is 82.5 Å². The van der Waals surface area contributed by atoms with Crippen molar-refractivity contribution in [1.82, 2.24) is 10.6 Å². The smallest absolute Gasteiger partial charge is 0.237 e. The Bertz CT molecular complexity index is 241. The highest BCUT2D eigenvalue weighted by Crippen LogP contribution is 2.03. The molecule has 2 atom stereocenters. The molecule has 0 radical (unpaired) electrons. The van der Waals surface area contributed by atoms with E-state index < -0.39 is 0 Å². The van der Waals surface area contributed by atoms with Crippen molar-refractivity contribution in [2.24, 2.45) is 10.9 Å². The highest BCUT2D eigenvalue weighted by atomic mass is 16.4. The van der Waals surface area contributed by atoms with Gasteiger partial charge in [0.05, 0.1) is 12.1 Å². The first-order valence-corrected chi connectivity index (χ1v) is 4.66. The predicted molar refractivity (Wildman–Crippen MR) is 52.0 cm³/mol. The highest BCUT2D eigenvalue weighted by molar-refractivity contribution is 5.87. The number of carbonyl (C=O) groups is 1. The van der Waals surface area contributed by atoms with E-state index in [4.69, 9.17) is 10.9 Å². The maximum Gasteiger partial charge on any atom is 0.237 e. The second kappa shape index (κ2) is 4.80. The number of hydrogen-bond donors (Lipinski definition) is 4. The predicted octanol–water partition coefficient (Wildman–Crippen LogP) is -1.01. The van der Waals surface area contributed by atoms with Gasteiger partial charge in [-0.3, -0.25) is 10.1 Å². The van der Waals surface area contributed by atoms with Crippen LogP contribution in [0.5, 0.6) is 0 Å². The van der Waals surface area contributed by atoms with Crippen LogP contribution in [0.1, 0.15) is 19.8 Å². The molecule has 0 aromatic rings. The van der Waals surface area contributed by atoms with Crippen molar-refractivity contribution in [3.63, 3.8) is 0 Å². The summed E-state index contributed by atoms with van der Waals surface area (Å²) in [7, 11) is 0. The third-order valence-corrected chi connectivity index (χ3v) is 2.30. The molecular formula is C8H16N4O2. The number of amidine groups is 1. The molecule has 5 N–H and O–H groups in total. The largest absolute Gasteiger partial charge is 0.409 e. The Morgan fingerprint density at radius 1 is 1.86 bits per heavy atom. The van der Waals surface area contributed by atoms with Crippen LogP contribution in [-0.2, 0) is 4.79 Å². The molecular weight excluding hydrogens is 184 g/mol. The second-order valence-corrected chi connectivity index (χ2v) is 3.40. The zero-order chi connectivity index (χ0) is 10.6. The molecule has 6 nitrogen and oxygen atoms in total. The van der Waals surface area contributed by atoms with Crippen LogP contribution in [0.25, 0.3) is 0 Å². The molecule has 2 unspecified atom stereocenters. The van der Waals surface area contributed by atoms with Gasteiger partial charge in [0, 0.05) is 6.54 Å². The molecule has 80 valence electrons. The van der Waals surface area contributed by atoms with Crippen LogP contribution in [0, 0.1) is 0 Å². The molecule has 0 aliphatic carbocycles. The summed E-state index contributed by atoms with van der Waals surface area (Å²) in [5.74, 6) is 0.0669. The van der Waals surface area contributed by atoms with Gasteiger partial charge in [-0.05, 0) is 19.8 Å². The molecule has 0 spiro atoms. The summed E-state index contributed by atoms with van der Waals surface area (Å²) >= 11 is 0. The number of hydrogen-bond acceptors (Lipinski definition) is 4. The second-order valence-electron chi connectivity index (χ2n) is 3.40. The maximum absolute atomic E-state index is 11.3. The molecule has 0 aromatic carbocycles. The van der Waals surface area contributed by atoms with Gasteiger partial charge in [0.2, 0.25) is 5.91 Å². The van der Waals surface area contributed by atoms with E-state index in [2.05, 4.69) is 15.8 Å². The van der Waals surface area contributed by atoms with Crippen molar-refractivity contribution in [1.29, 1.82) is 0 Å². The number of carbonyl (C=O) groups excluding carboxylic acids is 1. The van der Waals surface area contributed by atoms with Crippen LogP contribution in [0.4, 0.5) is 0 Å². The Hall–Kier alpha value is -1.30. The van der Waals surface area contributed by atoms with Crippen molar-refractivity contribution in [3.05, 3.63) is 0 Å². The summed E-state index contributed by atoms with van der Waals surface area (Å²) in [6.07, 6.45) is 1.74. The van der Waals surface area contributed by atoms with Crippen molar-refractivity contribution in [2.75, 3.05) is 6.54 Å². The zero-order valence-electron chi connectivity index (χ0n) is 8.16. The number of rotatable bonds is 3. The van der Waals surface area contributed by atoms with Crippen LogP contribution in [-0.4, -0.2) is 35.6 Å². The van der Waals surface area contributed by atoms with E-state index >= 15 is 0 Å². The molecule has 0 saturated carbocycles. The van der Waals surface area contributed by atoms with Gasteiger partial charge in [-0.15, -0.1) is 0 Å². The minimum Gasteiger partial charge on any atom is -0.409 e. The maximum atomic E-state index is 11.3. The lowest BCUT2D eigenvalue weighted by Crippen LogP contribution is -2.53. The van der Waals surface area contributed by atoms with E-state index in [0.717, 1.165) is 19.4 Å². The molecule has 6 heteroatoms. The van der Waals surface area contributed by atoms with Gasteiger partial charge in [0.15, 0.2) is 5.84 Å². The van der Waals surface area contributed by atoms with Gasteiger partial charge in [-0.2, -0.15) is 0 Å². The Morgan fingerprint density at radius 2 is 2.57 bits per heavy atom. The molecule has 1 saturated heterocycles. The van der Waals surface area contributed by atoms with Crippen molar-refractivity contribution < 1.29 is 10.0 Å². The average Bonchev–Trinajstić information content (AvgIpc) is 2.20. The fraction of sp³-hybridized carbons (Fsp3) is 0.750. The molecule has 1 amide bonds. The Balaban J connectivity index is 2.46. The van der Waals surface area contributed by atoms with Gasteiger partial charge >= 0.3 is 0 Å². The minimum atomic E-state index is -0.297. The lowest BCUT2D eigenvalue weighted by molar-refractivity contribution is -0.124. The zero-order valence-corrected chi connectivity index (χ0v) is 8.16. The van der Waals surface area contributed by atoms with E-state index in [9.17, 15) is 4.79 Å². The number of oxime groups is 1. The number of nitrogens with two attached hydrogens (primary N) is 1. The number of nitrogens with zero attached hydrogens (tertiary/aromatic N) is 1. The third kappa shape index (κ3) is 2.59. The van der Waals surface area contributed by atoms with Crippen LogP contribution in [0.2, 0.25) is 0 Å². The molecule has 1 aliphatic heterocycles. The van der Waals surface area contributed by atoms with Gasteiger partial charge in [0.25, 0.3) is 0 Å². The average molecular weight is 200 g/mol. The summed E-state index contributed by atoms with van der Waals surface area (Å²) < 4.78 is 0. The highest BCUT2D eigenvalue weighted by Gasteiger charge is 2.24. The van der Waals surface area contributed by atoms with Gasteiger partial charge in [-0.25, -0.2) is 0 Å². The summed E-state index contributed by atoms with van der Waals surface area (Å²) in [6.45, 7) is 2.48. The number of piperidine rings is 1. The number of nitrogens with one attached hydrogen (secondary N) is 2. The standard InChI is InChI=1S/C8H16N4O2/c1-5(7(9)12-14)11-6-3-2-4-10-8(6)13/h5-6,11,14H,2-4H2,1H3,(H2,9,12)(H,10,13). The fourth-order valence-electron chi connectivity index (χ4n) is 1.40. The first-order chi connectivity index (χ1) is 6.65. The summed E-state index contributed by atoms with van der Waals surface area (Å²) in [5.41, 5.74) is 5.38. The quantitative estimate of drug-likeness (QED) is 0.203. The third-order valence-electron chi connectivity index (χ3n) is 2.30. The normalized spacial score (nSPS) is 25.6. The van der Waals surface area contributed by atoms with E-state index in [-0.39, 0.29) is 23.8 Å². The van der Waals surface area contributed by atoms with Gasteiger partial charge in [0.1, 0.15) is 0 Å². The van der Waals surface area contributed by atoms with Crippen LogP contribution < -0.4 is 16.4 Å². The SMILES string of the molecule is CC(NC1CCCNC1=O)/C(N)=N/O. The number of amides is 1. The summed E-state index contributed by atoms with van der Waals surface area (Å²) in [5, 5.41) is 17.0. The van der Waals surface area contributed by atoms with Crippen LogP contribution >= 0.6 is 0 Å². The van der Waals surface area contributed by atoms with Crippen molar-refractivity contribution >= 4 is 11.7 Å². The molecule has 14 heavy (non-hydrogen) atoms. The molecule has 1 rings (SSSR count).